The van der Waals surface area contributed by atoms with Gasteiger partial charge in [-0.1, -0.05) is 121 Å². The number of benzene rings is 7. The highest BCUT2D eigenvalue weighted by Crippen LogP contribution is 2.37. The van der Waals surface area contributed by atoms with Gasteiger partial charge in [-0.05, 0) is 84.8 Å². The molecule has 0 aliphatic carbocycles. The van der Waals surface area contributed by atoms with Crippen molar-refractivity contribution >= 4 is 66.9 Å². The number of allylic oxidation sites excluding steroid dienone is 2. The molecule has 0 aliphatic heterocycles. The lowest BCUT2D eigenvalue weighted by Crippen LogP contribution is -2.20. The van der Waals surface area contributed by atoms with Crippen LogP contribution in [0.25, 0.3) is 106 Å². The molecule has 0 N–H and O–H groups in total. The maximum Gasteiger partial charge on any atom is 0.164 e. The highest BCUT2D eigenvalue weighted by Gasteiger charge is 2.17. The molecule has 0 atom stereocenters. The average Bonchev–Trinajstić information content (AvgIpc) is 3.94. The van der Waals surface area contributed by atoms with E-state index in [-0.39, 0.29) is 0 Å². The molecular weight excluding hydrogens is 713 g/mol. The van der Waals surface area contributed by atoms with E-state index < -0.39 is 0 Å². The number of aromatic nitrogens is 4. The third-order valence-electron chi connectivity index (χ3n) is 10.8. The fourth-order valence-corrected chi connectivity index (χ4v) is 8.07. The van der Waals surface area contributed by atoms with Gasteiger partial charge in [0, 0.05) is 49.0 Å². The number of fused-ring (bicyclic) bond motifs is 7. The van der Waals surface area contributed by atoms with Gasteiger partial charge in [-0.2, -0.15) is 0 Å². The van der Waals surface area contributed by atoms with Crippen LogP contribution in [-0.2, 0) is 0 Å². The Hall–Kier alpha value is -7.83. The summed E-state index contributed by atoms with van der Waals surface area (Å²) in [5, 5.41) is 6.45. The van der Waals surface area contributed by atoms with Crippen molar-refractivity contribution in [3.63, 3.8) is 0 Å². The number of rotatable bonds is 6. The Kier molecular flexibility index (Phi) is 7.93. The standard InChI is InChI=1S/C52H34N4O2/c1-2-3-21-47-43(32-50-53-51(33-14-6-4-7-15-33)55-52(54-50)34-16-8-5-9-17-34)42-31-37(25-28-49(42)58-47)56-44-20-12-10-18-38(44)40-29-35(23-26-45(40)56)36-24-27-48-41(30-36)39-19-11-13-22-46(39)57-48/h2-32H,1H3/b3-2-,43-32?,47-21+. The van der Waals surface area contributed by atoms with E-state index in [1.54, 1.807) is 0 Å². The van der Waals surface area contributed by atoms with Gasteiger partial charge < -0.3 is 13.4 Å². The Bertz CT molecular complexity index is 3460. The Balaban J connectivity index is 1.10. The van der Waals surface area contributed by atoms with Gasteiger partial charge in [0.05, 0.1) is 11.0 Å². The number of para-hydroxylation sites is 2. The molecule has 11 rings (SSSR count). The van der Waals surface area contributed by atoms with Gasteiger partial charge in [0.2, 0.25) is 0 Å². The number of furan rings is 2. The third-order valence-corrected chi connectivity index (χ3v) is 10.8. The summed E-state index contributed by atoms with van der Waals surface area (Å²) in [6.45, 7) is 2.00. The largest absolute Gasteiger partial charge is 0.456 e. The summed E-state index contributed by atoms with van der Waals surface area (Å²) >= 11 is 0. The first-order valence-corrected chi connectivity index (χ1v) is 19.4. The van der Waals surface area contributed by atoms with Gasteiger partial charge in [0.1, 0.15) is 22.2 Å². The molecule has 0 saturated heterocycles. The molecule has 0 radical (unpaired) electrons. The predicted molar refractivity (Wildman–Crippen MR) is 236 cm³/mol. The van der Waals surface area contributed by atoms with Crippen molar-refractivity contribution in [3.05, 3.63) is 192 Å². The monoisotopic (exact) mass is 746 g/mol. The van der Waals surface area contributed by atoms with Crippen LogP contribution < -0.4 is 10.6 Å². The van der Waals surface area contributed by atoms with E-state index in [2.05, 4.69) is 95.6 Å². The van der Waals surface area contributed by atoms with E-state index in [4.69, 9.17) is 23.8 Å². The van der Waals surface area contributed by atoms with Crippen LogP contribution >= 0.6 is 0 Å². The normalized spacial score (nSPS) is 12.7. The molecule has 4 aromatic heterocycles. The van der Waals surface area contributed by atoms with E-state index >= 15 is 0 Å². The van der Waals surface area contributed by atoms with Crippen molar-refractivity contribution < 1.29 is 8.83 Å². The zero-order valence-corrected chi connectivity index (χ0v) is 31.5. The minimum atomic E-state index is 0.543. The molecule has 7 aromatic carbocycles. The summed E-state index contributed by atoms with van der Waals surface area (Å²) in [6.07, 6.45) is 8.00. The van der Waals surface area contributed by atoms with E-state index in [9.17, 15) is 0 Å². The summed E-state index contributed by atoms with van der Waals surface area (Å²) in [5.41, 5.74) is 10.7. The van der Waals surface area contributed by atoms with Crippen LogP contribution in [0.5, 0.6) is 0 Å². The van der Waals surface area contributed by atoms with E-state index in [0.29, 0.717) is 17.5 Å². The summed E-state index contributed by atoms with van der Waals surface area (Å²) in [7, 11) is 0. The Morgan fingerprint density at radius 1 is 0.466 bits per heavy atom. The topological polar surface area (TPSA) is 69.9 Å². The highest BCUT2D eigenvalue weighted by molar-refractivity contribution is 6.11. The fraction of sp³-hybridized carbons (Fsp3) is 0.0192. The summed E-state index contributed by atoms with van der Waals surface area (Å²) in [4.78, 5) is 14.9. The second-order valence-electron chi connectivity index (χ2n) is 14.4. The van der Waals surface area contributed by atoms with Crippen molar-refractivity contribution in [1.29, 1.82) is 0 Å². The molecule has 0 saturated carbocycles. The molecular formula is C52H34N4O2. The van der Waals surface area contributed by atoms with Crippen LogP contribution in [0.3, 0.4) is 0 Å². The maximum atomic E-state index is 6.54. The third kappa shape index (κ3) is 5.70. The molecule has 0 unspecified atom stereocenters. The van der Waals surface area contributed by atoms with E-state index in [1.165, 1.54) is 10.8 Å². The molecule has 0 aliphatic rings. The smallest absolute Gasteiger partial charge is 0.164 e. The molecule has 0 amide bonds. The van der Waals surface area contributed by atoms with Crippen LogP contribution in [0.4, 0.5) is 0 Å². The lowest BCUT2D eigenvalue weighted by atomic mass is 10.0. The van der Waals surface area contributed by atoms with Crippen LogP contribution in [0.1, 0.15) is 12.7 Å². The van der Waals surface area contributed by atoms with E-state index in [0.717, 1.165) is 82.5 Å². The maximum absolute atomic E-state index is 6.54. The molecule has 0 fully saturated rings. The lowest BCUT2D eigenvalue weighted by Gasteiger charge is -2.09. The molecule has 58 heavy (non-hydrogen) atoms. The molecule has 274 valence electrons. The van der Waals surface area contributed by atoms with Crippen molar-refractivity contribution in [2.24, 2.45) is 0 Å². The van der Waals surface area contributed by atoms with Gasteiger partial charge in [-0.25, -0.2) is 15.0 Å². The van der Waals surface area contributed by atoms with Crippen molar-refractivity contribution in [1.82, 2.24) is 19.5 Å². The van der Waals surface area contributed by atoms with Gasteiger partial charge >= 0.3 is 0 Å². The zero-order chi connectivity index (χ0) is 38.6. The quantitative estimate of drug-likeness (QED) is 0.169. The first-order chi connectivity index (χ1) is 28.7. The van der Waals surface area contributed by atoms with E-state index in [1.807, 2.05) is 104 Å². The Morgan fingerprint density at radius 2 is 1.07 bits per heavy atom. The second-order valence-corrected chi connectivity index (χ2v) is 14.4. The summed E-state index contributed by atoms with van der Waals surface area (Å²) in [5.74, 6) is 1.76. The Labute approximate surface area is 333 Å². The van der Waals surface area contributed by atoms with Gasteiger partial charge in [0.15, 0.2) is 17.5 Å². The zero-order valence-electron chi connectivity index (χ0n) is 31.5. The molecule has 6 nitrogen and oxygen atoms in total. The van der Waals surface area contributed by atoms with Crippen LogP contribution in [0, 0.1) is 0 Å². The molecule has 4 heterocycles. The van der Waals surface area contributed by atoms with Gasteiger partial charge in [-0.15, -0.1) is 0 Å². The molecule has 0 bridgehead atoms. The minimum Gasteiger partial charge on any atom is -0.456 e. The van der Waals surface area contributed by atoms with Gasteiger partial charge in [-0.3, -0.25) is 0 Å². The molecule has 11 aromatic rings. The summed E-state index contributed by atoms with van der Waals surface area (Å²) < 4.78 is 15.0. The number of hydrogen-bond donors (Lipinski definition) is 0. The first-order valence-electron chi connectivity index (χ1n) is 19.4. The fourth-order valence-electron chi connectivity index (χ4n) is 8.07. The lowest BCUT2D eigenvalue weighted by molar-refractivity contribution is 0.575. The minimum absolute atomic E-state index is 0.543. The molecule has 0 spiro atoms. The number of nitrogens with zero attached hydrogens (tertiary/aromatic N) is 4. The Morgan fingerprint density at radius 3 is 1.83 bits per heavy atom. The summed E-state index contributed by atoms with van der Waals surface area (Å²) in [6, 6.07) is 56.5. The van der Waals surface area contributed by atoms with Crippen molar-refractivity contribution in [3.8, 4) is 39.6 Å². The number of hydrogen-bond acceptors (Lipinski definition) is 5. The predicted octanol–water partition coefficient (Wildman–Crippen LogP) is 11.8. The second kappa shape index (κ2) is 13.7. The average molecular weight is 747 g/mol. The van der Waals surface area contributed by atoms with Crippen molar-refractivity contribution in [2.45, 2.75) is 6.92 Å². The van der Waals surface area contributed by atoms with Gasteiger partial charge in [0.25, 0.3) is 0 Å². The van der Waals surface area contributed by atoms with Crippen LogP contribution in [-0.4, -0.2) is 19.5 Å². The van der Waals surface area contributed by atoms with Crippen LogP contribution in [0.2, 0.25) is 0 Å². The van der Waals surface area contributed by atoms with Crippen molar-refractivity contribution in [2.75, 3.05) is 0 Å². The first kappa shape index (κ1) is 33.5. The van der Waals surface area contributed by atoms with Crippen LogP contribution in [0.15, 0.2) is 185 Å². The SMILES string of the molecule is C/C=C\C=c1\oc2ccc(-n3c4ccccc4c4cc(-c5ccc6oc7ccccc7c6c5)ccc43)cc2c1=Cc1nc(-c2ccccc2)nc(-c2ccccc2)n1. The highest BCUT2D eigenvalue weighted by atomic mass is 16.3. The molecule has 6 heteroatoms.